The Hall–Kier alpha value is -3.15. The van der Waals surface area contributed by atoms with E-state index in [9.17, 15) is 0 Å². The van der Waals surface area contributed by atoms with E-state index in [4.69, 9.17) is 9.47 Å². The first-order valence-corrected chi connectivity index (χ1v) is 10.0. The van der Waals surface area contributed by atoms with Crippen molar-refractivity contribution >= 4 is 11.6 Å². The second kappa shape index (κ2) is 8.90. The summed E-state index contributed by atoms with van der Waals surface area (Å²) in [5.74, 6) is 2.49. The average Bonchev–Trinajstić information content (AvgIpc) is 3.29. The second-order valence-corrected chi connectivity index (χ2v) is 7.28. The van der Waals surface area contributed by atoms with Crippen LogP contribution in [0, 0.1) is 0 Å². The van der Waals surface area contributed by atoms with Gasteiger partial charge in [-0.15, -0.1) is 0 Å². The molecule has 4 rings (SSSR count). The van der Waals surface area contributed by atoms with Crippen LogP contribution < -0.4 is 19.7 Å². The first-order chi connectivity index (χ1) is 14.2. The van der Waals surface area contributed by atoms with Crippen molar-refractivity contribution in [2.24, 2.45) is 4.99 Å². The third-order valence-corrected chi connectivity index (χ3v) is 5.17. The summed E-state index contributed by atoms with van der Waals surface area (Å²) in [5, 5.41) is 3.45. The van der Waals surface area contributed by atoms with Gasteiger partial charge in [0.2, 0.25) is 0 Å². The number of anilines is 1. The molecule has 0 bridgehead atoms. The Balaban J connectivity index is 1.32. The molecule has 2 aliphatic heterocycles. The fourth-order valence-corrected chi connectivity index (χ4v) is 3.61. The van der Waals surface area contributed by atoms with Gasteiger partial charge in [-0.2, -0.15) is 0 Å². The molecular formula is C23H28N4O2. The Morgan fingerprint density at radius 2 is 1.69 bits per heavy atom. The average molecular weight is 393 g/mol. The molecule has 0 fully saturated rings. The molecule has 6 nitrogen and oxygen atoms in total. The van der Waals surface area contributed by atoms with E-state index in [2.05, 4.69) is 62.6 Å². The maximum atomic E-state index is 5.69. The van der Waals surface area contributed by atoms with Gasteiger partial charge in [-0.25, -0.2) is 0 Å². The molecule has 2 heterocycles. The van der Waals surface area contributed by atoms with Crippen LogP contribution in [0.1, 0.15) is 11.1 Å². The number of benzene rings is 2. The van der Waals surface area contributed by atoms with E-state index < -0.39 is 0 Å². The van der Waals surface area contributed by atoms with Crippen molar-refractivity contribution in [3.05, 3.63) is 65.7 Å². The van der Waals surface area contributed by atoms with Crippen LogP contribution in [0.2, 0.25) is 0 Å². The lowest BCUT2D eigenvalue weighted by atomic mass is 10.2. The first kappa shape index (κ1) is 19.2. The molecule has 0 aliphatic carbocycles. The molecule has 0 atom stereocenters. The number of rotatable bonds is 5. The zero-order valence-corrected chi connectivity index (χ0v) is 17.1. The Kier molecular flexibility index (Phi) is 5.89. The molecule has 0 radical (unpaired) electrons. The van der Waals surface area contributed by atoms with Gasteiger partial charge in [-0.1, -0.05) is 30.4 Å². The molecule has 6 heteroatoms. The van der Waals surface area contributed by atoms with E-state index in [1.807, 2.05) is 26.2 Å². The number of nitrogens with zero attached hydrogens (tertiary/aromatic N) is 3. The number of hydrogen-bond donors (Lipinski definition) is 1. The summed E-state index contributed by atoms with van der Waals surface area (Å²) in [5.41, 5.74) is 3.65. The van der Waals surface area contributed by atoms with Crippen LogP contribution in [0.25, 0.3) is 0 Å². The fraction of sp³-hybridized carbons (Fsp3) is 0.348. The van der Waals surface area contributed by atoms with Gasteiger partial charge in [0, 0.05) is 46.0 Å². The van der Waals surface area contributed by atoms with Gasteiger partial charge in [-0.3, -0.25) is 4.99 Å². The molecule has 0 saturated heterocycles. The van der Waals surface area contributed by atoms with Gasteiger partial charge in [-0.05, 0) is 35.4 Å². The Morgan fingerprint density at radius 1 is 1.00 bits per heavy atom. The monoisotopic (exact) mass is 392 g/mol. The zero-order chi connectivity index (χ0) is 20.1. The smallest absolute Gasteiger partial charge is 0.193 e. The molecule has 2 aromatic rings. The quantitative estimate of drug-likeness (QED) is 0.482. The minimum Gasteiger partial charge on any atom is -0.486 e. The van der Waals surface area contributed by atoms with Crippen LogP contribution in [0.4, 0.5) is 5.69 Å². The van der Waals surface area contributed by atoms with E-state index in [0.717, 1.165) is 49.2 Å². The summed E-state index contributed by atoms with van der Waals surface area (Å²) in [6.07, 6.45) is 4.41. The maximum absolute atomic E-state index is 5.69. The largest absolute Gasteiger partial charge is 0.486 e. The second-order valence-electron chi connectivity index (χ2n) is 7.28. The van der Waals surface area contributed by atoms with Gasteiger partial charge in [0.15, 0.2) is 17.5 Å². The maximum Gasteiger partial charge on any atom is 0.193 e. The van der Waals surface area contributed by atoms with Crippen LogP contribution in [0.3, 0.4) is 0 Å². The highest BCUT2D eigenvalue weighted by Gasteiger charge is 2.14. The Morgan fingerprint density at radius 3 is 2.41 bits per heavy atom. The van der Waals surface area contributed by atoms with Crippen molar-refractivity contribution in [1.29, 1.82) is 0 Å². The molecule has 0 amide bonds. The van der Waals surface area contributed by atoms with Crippen LogP contribution in [0.5, 0.6) is 11.5 Å². The van der Waals surface area contributed by atoms with Gasteiger partial charge >= 0.3 is 0 Å². The molecule has 0 spiro atoms. The number of guanidine groups is 1. The highest BCUT2D eigenvalue weighted by atomic mass is 16.6. The molecule has 1 N–H and O–H groups in total. The third kappa shape index (κ3) is 4.65. The van der Waals surface area contributed by atoms with Gasteiger partial charge in [0.25, 0.3) is 0 Å². The summed E-state index contributed by atoms with van der Waals surface area (Å²) in [6, 6.07) is 14.8. The number of fused-ring (bicyclic) bond motifs is 1. The molecule has 0 aromatic heterocycles. The SMILES string of the molecule is CN=C(NCc1ccc(N2CC=CC2)cc1)N(C)Cc1ccc2c(c1)OCCO2. The van der Waals surface area contributed by atoms with E-state index >= 15 is 0 Å². The van der Waals surface area contributed by atoms with Crippen molar-refractivity contribution in [3.63, 3.8) is 0 Å². The Bertz CT molecular complexity index is 884. The van der Waals surface area contributed by atoms with Crippen LogP contribution in [0.15, 0.2) is 59.6 Å². The van der Waals surface area contributed by atoms with Crippen molar-refractivity contribution in [1.82, 2.24) is 10.2 Å². The molecule has 0 saturated carbocycles. The molecule has 0 unspecified atom stereocenters. The summed E-state index contributed by atoms with van der Waals surface area (Å²) < 4.78 is 11.3. The number of ether oxygens (including phenoxy) is 2. The van der Waals surface area contributed by atoms with Crippen molar-refractivity contribution in [2.45, 2.75) is 13.1 Å². The molecule has 29 heavy (non-hydrogen) atoms. The predicted molar refractivity (Wildman–Crippen MR) is 117 cm³/mol. The van der Waals surface area contributed by atoms with Gasteiger partial charge < -0.3 is 24.6 Å². The van der Waals surface area contributed by atoms with Gasteiger partial charge in [0.1, 0.15) is 13.2 Å². The standard InChI is InChI=1S/C23H28N4O2/c1-24-23(25-16-18-5-8-20(9-6-18)27-11-3-4-12-27)26(2)17-19-7-10-21-22(15-19)29-14-13-28-21/h3-10,15H,11-14,16-17H2,1-2H3,(H,24,25). The van der Waals surface area contributed by atoms with Crippen LogP contribution in [-0.4, -0.2) is 51.3 Å². The molecule has 2 aromatic carbocycles. The summed E-state index contributed by atoms with van der Waals surface area (Å²) in [4.78, 5) is 8.88. The van der Waals surface area contributed by atoms with E-state index in [-0.39, 0.29) is 0 Å². The summed E-state index contributed by atoms with van der Waals surface area (Å²) in [7, 11) is 3.85. The van der Waals surface area contributed by atoms with Gasteiger partial charge in [0.05, 0.1) is 0 Å². The molecular weight excluding hydrogens is 364 g/mol. The van der Waals surface area contributed by atoms with E-state index in [1.54, 1.807) is 0 Å². The minimum atomic E-state index is 0.600. The lowest BCUT2D eigenvalue weighted by Crippen LogP contribution is -2.38. The molecule has 2 aliphatic rings. The number of aliphatic imine (C=N–C) groups is 1. The molecule has 152 valence electrons. The number of hydrogen-bond acceptors (Lipinski definition) is 4. The van der Waals surface area contributed by atoms with E-state index in [0.29, 0.717) is 13.2 Å². The predicted octanol–water partition coefficient (Wildman–Crippen LogP) is 3.04. The topological polar surface area (TPSA) is 49.3 Å². The highest BCUT2D eigenvalue weighted by Crippen LogP contribution is 2.31. The highest BCUT2D eigenvalue weighted by molar-refractivity contribution is 5.79. The lowest BCUT2D eigenvalue weighted by molar-refractivity contribution is 0.171. The minimum absolute atomic E-state index is 0.600. The lowest BCUT2D eigenvalue weighted by Gasteiger charge is -2.24. The van der Waals surface area contributed by atoms with Crippen molar-refractivity contribution in [3.8, 4) is 11.5 Å². The van der Waals surface area contributed by atoms with Crippen molar-refractivity contribution in [2.75, 3.05) is 45.3 Å². The zero-order valence-electron chi connectivity index (χ0n) is 17.1. The first-order valence-electron chi connectivity index (χ1n) is 10.0. The van der Waals surface area contributed by atoms with Crippen molar-refractivity contribution < 1.29 is 9.47 Å². The Labute approximate surface area is 172 Å². The number of nitrogens with one attached hydrogen (secondary N) is 1. The third-order valence-electron chi connectivity index (χ3n) is 5.17. The summed E-state index contributed by atoms with van der Waals surface area (Å²) >= 11 is 0. The van der Waals surface area contributed by atoms with Crippen LogP contribution in [-0.2, 0) is 13.1 Å². The van der Waals surface area contributed by atoms with Crippen LogP contribution >= 0.6 is 0 Å². The van der Waals surface area contributed by atoms with E-state index in [1.165, 1.54) is 11.3 Å². The fourth-order valence-electron chi connectivity index (χ4n) is 3.61. The normalized spacial score (nSPS) is 15.5. The summed E-state index contributed by atoms with van der Waals surface area (Å²) in [6.45, 7) is 4.67.